The largest absolute Gasteiger partial charge is 0.497 e. The molecule has 1 N–H and O–H groups in total. The first-order chi connectivity index (χ1) is 17.7. The molecule has 0 radical (unpaired) electrons. The third kappa shape index (κ3) is 4.99. The van der Waals surface area contributed by atoms with Gasteiger partial charge in [0.15, 0.2) is 5.82 Å². The molecule has 0 aliphatic carbocycles. The van der Waals surface area contributed by atoms with Crippen LogP contribution >= 0.6 is 0 Å². The summed E-state index contributed by atoms with van der Waals surface area (Å²) in [7, 11) is -1.25. The smallest absolute Gasteiger partial charge is 0.270 e. The summed E-state index contributed by atoms with van der Waals surface area (Å²) in [6, 6.07) is 10.1. The number of nitrogens with zero attached hydrogens (tertiary/aromatic N) is 3. The van der Waals surface area contributed by atoms with Gasteiger partial charge in [0.2, 0.25) is 12.6 Å². The van der Waals surface area contributed by atoms with Crippen molar-refractivity contribution in [2.75, 3.05) is 21.0 Å². The Hall–Kier alpha value is -4.00. The molecule has 0 atom stereocenters. The molecule has 0 saturated carbocycles. The van der Waals surface area contributed by atoms with Crippen LogP contribution in [-0.4, -0.2) is 54.4 Å². The predicted octanol–water partition coefficient (Wildman–Crippen LogP) is 3.55. The number of benzene rings is 2. The molecule has 11 nitrogen and oxygen atoms in total. The second-order valence-corrected chi connectivity index (χ2v) is 9.85. The SMILES string of the molecule is COc1ccc2c(c1)nc(C(=O)Cc1ncc(C)c(OC)c1C)n2S(=O)(=O)c1ccc(OCOO)cc1. The number of imidazole rings is 1. The van der Waals surface area contributed by atoms with Gasteiger partial charge in [0.1, 0.15) is 17.2 Å². The summed E-state index contributed by atoms with van der Waals surface area (Å²) in [4.78, 5) is 26.1. The molecule has 37 heavy (non-hydrogen) atoms. The first-order valence-corrected chi connectivity index (χ1v) is 12.5. The molecule has 2 aromatic carbocycles. The Bertz CT molecular complexity index is 1560. The highest BCUT2D eigenvalue weighted by molar-refractivity contribution is 7.90. The molecule has 0 aliphatic heterocycles. The highest BCUT2D eigenvalue weighted by atomic mass is 32.2. The zero-order valence-corrected chi connectivity index (χ0v) is 21.4. The van der Waals surface area contributed by atoms with Crippen molar-refractivity contribution in [2.45, 2.75) is 25.2 Å². The van der Waals surface area contributed by atoms with Gasteiger partial charge in [-0.25, -0.2) is 22.6 Å². The molecule has 0 amide bonds. The van der Waals surface area contributed by atoms with Crippen molar-refractivity contribution in [3.63, 3.8) is 0 Å². The molecular weight excluding hydrogens is 502 g/mol. The first-order valence-electron chi connectivity index (χ1n) is 11.0. The second-order valence-electron chi connectivity index (χ2n) is 8.07. The molecule has 0 bridgehead atoms. The number of Topliss-reactive ketones (excluding diaryl/α,β-unsaturated/α-hetero) is 1. The van der Waals surface area contributed by atoms with Gasteiger partial charge in [-0.3, -0.25) is 9.78 Å². The fraction of sp³-hybridized carbons (Fsp3) is 0.240. The lowest BCUT2D eigenvalue weighted by atomic mass is 10.1. The van der Waals surface area contributed by atoms with Crippen molar-refractivity contribution < 1.29 is 37.6 Å². The van der Waals surface area contributed by atoms with E-state index in [0.717, 1.165) is 9.54 Å². The van der Waals surface area contributed by atoms with Crippen molar-refractivity contribution in [3.05, 3.63) is 71.3 Å². The number of aromatic nitrogens is 3. The van der Waals surface area contributed by atoms with E-state index in [4.69, 9.17) is 19.5 Å². The molecule has 0 fully saturated rings. The van der Waals surface area contributed by atoms with E-state index < -0.39 is 22.6 Å². The number of aryl methyl sites for hydroxylation is 1. The van der Waals surface area contributed by atoms with E-state index in [-0.39, 0.29) is 33.9 Å². The summed E-state index contributed by atoms with van der Waals surface area (Å²) in [5.74, 6) is 0.539. The Morgan fingerprint density at radius 1 is 1.03 bits per heavy atom. The van der Waals surface area contributed by atoms with Gasteiger partial charge >= 0.3 is 0 Å². The van der Waals surface area contributed by atoms with Crippen LogP contribution in [0.25, 0.3) is 11.0 Å². The number of pyridine rings is 1. The lowest BCUT2D eigenvalue weighted by Crippen LogP contribution is -2.21. The van der Waals surface area contributed by atoms with Gasteiger partial charge in [-0.2, -0.15) is 4.89 Å². The van der Waals surface area contributed by atoms with E-state index in [9.17, 15) is 13.2 Å². The highest BCUT2D eigenvalue weighted by Crippen LogP contribution is 2.29. The Labute approximate surface area is 213 Å². The predicted molar refractivity (Wildman–Crippen MR) is 133 cm³/mol. The number of carbonyl (C=O) groups is 1. The molecule has 194 valence electrons. The van der Waals surface area contributed by atoms with E-state index in [1.807, 2.05) is 6.92 Å². The molecular formula is C25H25N3O8S. The summed E-state index contributed by atoms with van der Waals surface area (Å²) in [6.07, 6.45) is 1.41. The Morgan fingerprint density at radius 2 is 1.73 bits per heavy atom. The zero-order valence-electron chi connectivity index (χ0n) is 20.6. The molecule has 12 heteroatoms. The van der Waals surface area contributed by atoms with Crippen molar-refractivity contribution in [1.82, 2.24) is 13.9 Å². The van der Waals surface area contributed by atoms with Crippen LogP contribution in [0.1, 0.15) is 27.4 Å². The van der Waals surface area contributed by atoms with Gasteiger partial charge in [0, 0.05) is 23.4 Å². The van der Waals surface area contributed by atoms with Gasteiger partial charge in [-0.05, 0) is 50.2 Å². The number of hydrogen-bond donors (Lipinski definition) is 1. The number of ether oxygens (including phenoxy) is 3. The Balaban J connectivity index is 1.82. The topological polar surface area (TPSA) is 139 Å². The van der Waals surface area contributed by atoms with E-state index in [1.165, 1.54) is 44.6 Å². The van der Waals surface area contributed by atoms with E-state index in [2.05, 4.69) is 14.9 Å². The van der Waals surface area contributed by atoms with Crippen LogP contribution in [0.5, 0.6) is 17.2 Å². The lowest BCUT2D eigenvalue weighted by molar-refractivity contribution is -0.278. The molecule has 2 aromatic heterocycles. The maximum Gasteiger partial charge on any atom is 0.270 e. The minimum Gasteiger partial charge on any atom is -0.497 e. The minimum atomic E-state index is -4.27. The first kappa shape index (κ1) is 26.1. The van der Waals surface area contributed by atoms with E-state index in [0.29, 0.717) is 22.8 Å². The van der Waals surface area contributed by atoms with Gasteiger partial charge in [-0.1, -0.05) is 0 Å². The summed E-state index contributed by atoms with van der Waals surface area (Å²) >= 11 is 0. The summed E-state index contributed by atoms with van der Waals surface area (Å²) < 4.78 is 44.3. The average molecular weight is 528 g/mol. The van der Waals surface area contributed by atoms with Gasteiger partial charge in [-0.15, -0.1) is 0 Å². The van der Waals surface area contributed by atoms with Crippen LogP contribution in [0.4, 0.5) is 0 Å². The fourth-order valence-electron chi connectivity index (χ4n) is 3.97. The average Bonchev–Trinajstić information content (AvgIpc) is 3.29. The number of carbonyl (C=O) groups excluding carboxylic acids is 1. The minimum absolute atomic E-state index is 0.0970. The molecule has 0 unspecified atom stereocenters. The quantitative estimate of drug-likeness (QED) is 0.141. The second kappa shape index (κ2) is 10.5. The van der Waals surface area contributed by atoms with Crippen LogP contribution in [0.3, 0.4) is 0 Å². The molecule has 2 heterocycles. The van der Waals surface area contributed by atoms with Gasteiger partial charge in [0.25, 0.3) is 10.0 Å². The van der Waals surface area contributed by atoms with Crippen molar-refractivity contribution in [2.24, 2.45) is 0 Å². The maximum absolute atomic E-state index is 13.8. The zero-order chi connectivity index (χ0) is 26.7. The standard InChI is InChI=1S/C25H25N3O8S/c1-15-13-26-20(16(2)24(15)34-4)12-23(29)25-27-21-11-18(33-3)7-10-22(21)28(25)37(31,32)19-8-5-17(6-9-19)35-14-36-30/h5-11,13,30H,12,14H2,1-4H3. The Morgan fingerprint density at radius 3 is 2.38 bits per heavy atom. The monoisotopic (exact) mass is 527 g/mol. The maximum atomic E-state index is 13.8. The van der Waals surface area contributed by atoms with Crippen LogP contribution in [0.15, 0.2) is 53.6 Å². The summed E-state index contributed by atoms with van der Waals surface area (Å²) in [5, 5.41) is 8.44. The van der Waals surface area contributed by atoms with Crippen molar-refractivity contribution in [1.29, 1.82) is 0 Å². The molecule has 4 rings (SSSR count). The third-order valence-electron chi connectivity index (χ3n) is 5.79. The van der Waals surface area contributed by atoms with Crippen LogP contribution in [0, 0.1) is 13.8 Å². The Kier molecular flexibility index (Phi) is 7.43. The fourth-order valence-corrected chi connectivity index (χ4v) is 5.45. The molecule has 0 saturated heterocycles. The molecule has 0 spiro atoms. The van der Waals surface area contributed by atoms with Crippen LogP contribution in [0.2, 0.25) is 0 Å². The highest BCUT2D eigenvalue weighted by Gasteiger charge is 2.29. The molecule has 0 aliphatic rings. The van der Waals surface area contributed by atoms with Gasteiger partial charge in [0.05, 0.1) is 42.3 Å². The van der Waals surface area contributed by atoms with Crippen LogP contribution < -0.4 is 14.2 Å². The van der Waals surface area contributed by atoms with Crippen molar-refractivity contribution >= 4 is 26.8 Å². The number of hydrogen-bond acceptors (Lipinski definition) is 10. The number of fused-ring (bicyclic) bond motifs is 1. The molecule has 4 aromatic rings. The number of ketones is 1. The summed E-state index contributed by atoms with van der Waals surface area (Å²) in [5.41, 5.74) is 2.44. The van der Waals surface area contributed by atoms with E-state index in [1.54, 1.807) is 25.3 Å². The number of rotatable bonds is 10. The van der Waals surface area contributed by atoms with Crippen LogP contribution in [-0.2, 0) is 21.3 Å². The normalized spacial score (nSPS) is 11.5. The lowest BCUT2D eigenvalue weighted by Gasteiger charge is -2.13. The van der Waals surface area contributed by atoms with E-state index >= 15 is 0 Å². The third-order valence-corrected chi connectivity index (χ3v) is 7.51. The van der Waals surface area contributed by atoms with Gasteiger partial charge < -0.3 is 14.2 Å². The summed E-state index contributed by atoms with van der Waals surface area (Å²) in [6.45, 7) is 3.21. The van der Waals surface area contributed by atoms with Crippen molar-refractivity contribution in [3.8, 4) is 17.2 Å². The number of methoxy groups -OCH3 is 2.